The van der Waals surface area contributed by atoms with E-state index in [1.165, 1.54) is 6.07 Å². The van der Waals surface area contributed by atoms with Crippen molar-refractivity contribution in [3.05, 3.63) is 95.0 Å². The van der Waals surface area contributed by atoms with Gasteiger partial charge in [-0.15, -0.1) is 0 Å². The molecule has 2 saturated heterocycles. The third-order valence-corrected chi connectivity index (χ3v) is 9.39. The van der Waals surface area contributed by atoms with Crippen LogP contribution in [-0.2, 0) is 30.2 Å². The molecule has 1 N–H and O–H groups in total. The maximum absolute atomic E-state index is 15.2. The number of hydrogen-bond donors (Lipinski definition) is 1. The van der Waals surface area contributed by atoms with Crippen LogP contribution in [0.25, 0.3) is 11.0 Å². The van der Waals surface area contributed by atoms with E-state index in [9.17, 15) is 9.90 Å². The molecular weight excluding hydrogens is 629 g/mol. The highest BCUT2D eigenvalue weighted by Crippen LogP contribution is 2.50. The number of benzene rings is 2. The van der Waals surface area contributed by atoms with E-state index >= 15 is 4.39 Å². The molecule has 3 aromatic heterocycles. The summed E-state index contributed by atoms with van der Waals surface area (Å²) in [6, 6.07) is 13.8. The second-order valence-corrected chi connectivity index (χ2v) is 12.5. The summed E-state index contributed by atoms with van der Waals surface area (Å²) in [7, 11) is 0. The van der Waals surface area contributed by atoms with Gasteiger partial charge in [0.1, 0.15) is 17.0 Å². The number of fused-ring (bicyclic) bond motifs is 3. The van der Waals surface area contributed by atoms with Crippen LogP contribution in [0.4, 0.5) is 10.1 Å². The van der Waals surface area contributed by atoms with Gasteiger partial charge in [0.05, 0.1) is 60.2 Å². The molecule has 3 aliphatic rings. The Bertz CT molecular complexity index is 1970. The fraction of sp³-hybridized carbons (Fsp3) is 0.333. The van der Waals surface area contributed by atoms with Crippen molar-refractivity contribution < 1.29 is 28.5 Å². The standard InChI is InChI=1S/C33H31ClFN7O5/c1-33(28-7-6-21(34)16-36-28)46-27-5-2-4-23(31(27)47-33)41-12-10-39(25-18-45-19-26(25)41)17-29-38-30-22(35)14-20(32(43)44)15-24(30)42(29)13-11-40-9-3-8-37-40/h2-9,14-16,25-26H,10-13,17-19H2,1H3,(H,43,44)/t25-,26+,33-/m1/s1. The van der Waals surface area contributed by atoms with Crippen LogP contribution in [0.1, 0.15) is 28.8 Å². The van der Waals surface area contributed by atoms with E-state index in [0.29, 0.717) is 79.5 Å². The minimum atomic E-state index is -1.19. The molecule has 0 spiro atoms. The van der Waals surface area contributed by atoms with Crippen molar-refractivity contribution in [3.63, 3.8) is 0 Å². The number of anilines is 1. The van der Waals surface area contributed by atoms with Gasteiger partial charge in [0.2, 0.25) is 0 Å². The molecule has 6 heterocycles. The highest BCUT2D eigenvalue weighted by molar-refractivity contribution is 6.30. The molecule has 0 bridgehead atoms. The van der Waals surface area contributed by atoms with Crippen LogP contribution in [0.2, 0.25) is 5.02 Å². The van der Waals surface area contributed by atoms with Gasteiger partial charge in [0, 0.05) is 45.1 Å². The van der Waals surface area contributed by atoms with Crippen molar-refractivity contribution in [3.8, 4) is 11.5 Å². The number of aryl methyl sites for hydroxylation is 2. The van der Waals surface area contributed by atoms with Crippen molar-refractivity contribution in [2.45, 2.75) is 44.4 Å². The fourth-order valence-electron chi connectivity index (χ4n) is 6.87. The number of piperazine rings is 1. The molecule has 47 heavy (non-hydrogen) atoms. The predicted molar refractivity (Wildman–Crippen MR) is 169 cm³/mol. The number of hydrogen-bond acceptors (Lipinski definition) is 9. The quantitative estimate of drug-likeness (QED) is 0.254. The number of halogens is 2. The van der Waals surface area contributed by atoms with Crippen LogP contribution in [0, 0.1) is 5.82 Å². The summed E-state index contributed by atoms with van der Waals surface area (Å²) in [5.74, 6) is -1.03. The highest BCUT2D eigenvalue weighted by Gasteiger charge is 2.46. The third kappa shape index (κ3) is 5.24. The zero-order chi connectivity index (χ0) is 32.3. The molecule has 12 nitrogen and oxygen atoms in total. The Balaban J connectivity index is 1.08. The number of ether oxygens (including phenoxy) is 3. The topological polar surface area (TPSA) is 120 Å². The van der Waals surface area contributed by atoms with Crippen molar-refractivity contribution in [2.75, 3.05) is 31.2 Å². The van der Waals surface area contributed by atoms with E-state index in [1.54, 1.807) is 29.2 Å². The van der Waals surface area contributed by atoms with Crippen LogP contribution in [-0.4, -0.2) is 78.7 Å². The molecule has 0 aliphatic carbocycles. The lowest BCUT2D eigenvalue weighted by atomic mass is 10.0. The number of rotatable bonds is 8. The van der Waals surface area contributed by atoms with Gasteiger partial charge in [-0.1, -0.05) is 17.7 Å². The summed E-state index contributed by atoms with van der Waals surface area (Å²) in [4.78, 5) is 25.6. The number of pyridine rings is 1. The molecule has 2 aromatic carbocycles. The predicted octanol–water partition coefficient (Wildman–Crippen LogP) is 4.55. The average Bonchev–Trinajstić information content (AvgIpc) is 3.86. The van der Waals surface area contributed by atoms with E-state index in [4.69, 9.17) is 30.8 Å². The highest BCUT2D eigenvalue weighted by atomic mass is 35.5. The smallest absolute Gasteiger partial charge is 0.335 e. The largest absolute Gasteiger partial charge is 0.478 e. The van der Waals surface area contributed by atoms with Gasteiger partial charge in [-0.05, 0) is 42.5 Å². The summed E-state index contributed by atoms with van der Waals surface area (Å²) in [5.41, 5.74) is 1.99. The van der Waals surface area contributed by atoms with E-state index < -0.39 is 17.6 Å². The molecule has 8 rings (SSSR count). The minimum absolute atomic E-state index is 0.0108. The first-order valence-corrected chi connectivity index (χ1v) is 15.8. The number of carbonyl (C=O) groups is 1. The monoisotopic (exact) mass is 659 g/mol. The molecular formula is C33H31ClFN7O5. The summed E-state index contributed by atoms with van der Waals surface area (Å²) < 4.78 is 37.8. The van der Waals surface area contributed by atoms with Crippen LogP contribution in [0.5, 0.6) is 11.5 Å². The number of para-hydroxylation sites is 1. The molecule has 0 radical (unpaired) electrons. The van der Waals surface area contributed by atoms with E-state index in [1.807, 2.05) is 42.0 Å². The lowest BCUT2D eigenvalue weighted by Crippen LogP contribution is -2.59. The Morgan fingerprint density at radius 1 is 1.11 bits per heavy atom. The molecule has 0 saturated carbocycles. The zero-order valence-corrected chi connectivity index (χ0v) is 26.2. The van der Waals surface area contributed by atoms with E-state index in [-0.39, 0.29) is 23.2 Å². The van der Waals surface area contributed by atoms with Gasteiger partial charge in [-0.25, -0.2) is 14.2 Å². The van der Waals surface area contributed by atoms with Gasteiger partial charge >= 0.3 is 5.97 Å². The number of imidazole rings is 1. The molecule has 14 heteroatoms. The fourth-order valence-corrected chi connectivity index (χ4v) is 6.98. The molecule has 5 aromatic rings. The summed E-state index contributed by atoms with van der Waals surface area (Å²) >= 11 is 6.07. The lowest BCUT2D eigenvalue weighted by molar-refractivity contribution is -0.0716. The summed E-state index contributed by atoms with van der Waals surface area (Å²) in [6.07, 6.45) is 5.12. The first-order valence-electron chi connectivity index (χ1n) is 15.4. The first kappa shape index (κ1) is 29.7. The number of aromatic nitrogens is 5. The Morgan fingerprint density at radius 2 is 1.98 bits per heavy atom. The number of nitrogens with zero attached hydrogens (tertiary/aromatic N) is 7. The third-order valence-electron chi connectivity index (χ3n) is 9.17. The Hall–Kier alpha value is -4.72. The SMILES string of the molecule is C[C@@]1(c2ccc(Cl)cn2)Oc2cccc(N3CCN(Cc4nc5c(F)cc(C(=O)O)cc5n4CCn4cccn4)[C@@H]4COC[C@@H]43)c2O1. The molecule has 3 atom stereocenters. The Labute approximate surface area is 273 Å². The minimum Gasteiger partial charge on any atom is -0.478 e. The van der Waals surface area contributed by atoms with Crippen molar-refractivity contribution in [1.82, 2.24) is 29.2 Å². The number of aromatic carboxylic acids is 1. The maximum Gasteiger partial charge on any atom is 0.335 e. The van der Waals surface area contributed by atoms with E-state index in [0.717, 1.165) is 11.8 Å². The van der Waals surface area contributed by atoms with Crippen LogP contribution in [0.15, 0.2) is 67.1 Å². The first-order chi connectivity index (χ1) is 22.8. The summed E-state index contributed by atoms with van der Waals surface area (Å²) in [5, 5.41) is 14.4. The molecule has 0 amide bonds. The molecule has 0 unspecified atom stereocenters. The van der Waals surface area contributed by atoms with Crippen molar-refractivity contribution in [1.29, 1.82) is 0 Å². The average molecular weight is 660 g/mol. The molecule has 242 valence electrons. The second kappa shape index (κ2) is 11.5. The van der Waals surface area contributed by atoms with Crippen LogP contribution >= 0.6 is 11.6 Å². The van der Waals surface area contributed by atoms with Gasteiger partial charge in [0.25, 0.3) is 5.79 Å². The normalized spacial score (nSPS) is 22.2. The maximum atomic E-state index is 15.2. The molecule has 3 aliphatic heterocycles. The molecule has 2 fully saturated rings. The zero-order valence-electron chi connectivity index (χ0n) is 25.4. The number of carboxylic acids is 1. The van der Waals surface area contributed by atoms with Gasteiger partial charge in [-0.3, -0.25) is 14.6 Å². The van der Waals surface area contributed by atoms with Crippen molar-refractivity contribution in [2.24, 2.45) is 0 Å². The Morgan fingerprint density at radius 3 is 2.77 bits per heavy atom. The van der Waals surface area contributed by atoms with Crippen molar-refractivity contribution >= 4 is 34.3 Å². The van der Waals surface area contributed by atoms with E-state index in [2.05, 4.69) is 19.9 Å². The van der Waals surface area contributed by atoms with Gasteiger partial charge in [0.15, 0.2) is 17.3 Å². The van der Waals surface area contributed by atoms with Gasteiger partial charge in [-0.2, -0.15) is 5.10 Å². The number of carboxylic acid groups (broad SMARTS) is 1. The van der Waals surface area contributed by atoms with Crippen LogP contribution < -0.4 is 14.4 Å². The Kier molecular flexibility index (Phi) is 7.27. The second-order valence-electron chi connectivity index (χ2n) is 12.0. The van der Waals surface area contributed by atoms with Crippen LogP contribution in [0.3, 0.4) is 0 Å². The lowest BCUT2D eigenvalue weighted by Gasteiger charge is -2.44. The summed E-state index contributed by atoms with van der Waals surface area (Å²) in [6.45, 7) is 5.61. The van der Waals surface area contributed by atoms with Gasteiger partial charge < -0.3 is 28.8 Å².